The number of methoxy groups -OCH3 is 1. The van der Waals surface area contributed by atoms with Gasteiger partial charge in [-0.1, -0.05) is 51.1 Å². The Hall–Kier alpha value is -2.07. The van der Waals surface area contributed by atoms with Crippen LogP contribution >= 0.6 is 0 Å². The molecule has 0 atom stereocenters. The summed E-state index contributed by atoms with van der Waals surface area (Å²) in [6.07, 6.45) is 2.07. The molecule has 0 bridgehead atoms. The highest BCUT2D eigenvalue weighted by molar-refractivity contribution is 5.81. The lowest BCUT2D eigenvalue weighted by atomic mass is 9.94. The summed E-state index contributed by atoms with van der Waals surface area (Å²) in [5.74, 6) is 0.145. The van der Waals surface area contributed by atoms with E-state index in [2.05, 4.69) is 29.0 Å². The van der Waals surface area contributed by atoms with Crippen LogP contribution in [0.3, 0.4) is 0 Å². The molecule has 0 fully saturated rings. The predicted molar refractivity (Wildman–Crippen MR) is 96.7 cm³/mol. The van der Waals surface area contributed by atoms with Gasteiger partial charge in [0, 0.05) is 37.5 Å². The number of benzene rings is 1. The average Bonchev–Trinajstić information content (AvgIpc) is 2.97. The van der Waals surface area contributed by atoms with Crippen molar-refractivity contribution >= 4 is 5.91 Å². The maximum Gasteiger partial charge on any atom is 0.228 e. The SMILES string of the molecule is COCCN(Cc1cccn1Cc1ccccc1)C(=O)C(C)(C)C. The molecule has 24 heavy (non-hydrogen) atoms. The van der Waals surface area contributed by atoms with Crippen LogP contribution in [-0.2, 0) is 22.6 Å². The molecule has 0 spiro atoms. The molecule has 4 heteroatoms. The van der Waals surface area contributed by atoms with Crippen LogP contribution in [-0.4, -0.2) is 35.6 Å². The number of rotatable bonds is 7. The van der Waals surface area contributed by atoms with Gasteiger partial charge >= 0.3 is 0 Å². The van der Waals surface area contributed by atoms with Crippen molar-refractivity contribution in [3.05, 3.63) is 59.9 Å². The van der Waals surface area contributed by atoms with Gasteiger partial charge in [0.05, 0.1) is 13.2 Å². The zero-order valence-corrected chi connectivity index (χ0v) is 15.2. The van der Waals surface area contributed by atoms with Gasteiger partial charge in [0.1, 0.15) is 0 Å². The van der Waals surface area contributed by atoms with E-state index in [1.54, 1.807) is 7.11 Å². The van der Waals surface area contributed by atoms with E-state index in [0.717, 1.165) is 12.2 Å². The topological polar surface area (TPSA) is 34.5 Å². The molecule has 0 unspecified atom stereocenters. The number of nitrogens with zero attached hydrogens (tertiary/aromatic N) is 2. The van der Waals surface area contributed by atoms with Gasteiger partial charge in [0.25, 0.3) is 0 Å². The second-order valence-electron chi connectivity index (χ2n) is 7.08. The molecule has 1 heterocycles. The molecule has 0 aliphatic rings. The molecule has 0 aliphatic carbocycles. The minimum absolute atomic E-state index is 0.145. The van der Waals surface area contributed by atoms with Crippen molar-refractivity contribution in [3.8, 4) is 0 Å². The highest BCUT2D eigenvalue weighted by Crippen LogP contribution is 2.20. The molecule has 1 aromatic carbocycles. The lowest BCUT2D eigenvalue weighted by Gasteiger charge is -2.29. The number of hydrogen-bond donors (Lipinski definition) is 0. The second kappa shape index (κ2) is 8.15. The average molecular weight is 328 g/mol. The van der Waals surface area contributed by atoms with Crippen molar-refractivity contribution in [2.45, 2.75) is 33.9 Å². The molecule has 4 nitrogen and oxygen atoms in total. The van der Waals surface area contributed by atoms with E-state index in [1.165, 1.54) is 5.56 Å². The molecule has 0 saturated heterocycles. The number of amides is 1. The molecule has 1 aromatic heterocycles. The Morgan fingerprint density at radius 1 is 1.12 bits per heavy atom. The van der Waals surface area contributed by atoms with E-state index in [-0.39, 0.29) is 5.91 Å². The van der Waals surface area contributed by atoms with Crippen molar-refractivity contribution in [1.29, 1.82) is 0 Å². The normalized spacial score (nSPS) is 11.5. The number of carbonyl (C=O) groups excluding carboxylic acids is 1. The smallest absolute Gasteiger partial charge is 0.228 e. The van der Waals surface area contributed by atoms with Gasteiger partial charge in [0.2, 0.25) is 5.91 Å². The zero-order chi connectivity index (χ0) is 17.6. The zero-order valence-electron chi connectivity index (χ0n) is 15.2. The Bertz CT molecular complexity index is 641. The molecule has 0 aliphatic heterocycles. The molecule has 0 N–H and O–H groups in total. The molecular weight excluding hydrogens is 300 g/mol. The Kier molecular flexibility index (Phi) is 6.21. The number of ether oxygens (including phenoxy) is 1. The Balaban J connectivity index is 2.15. The minimum atomic E-state index is -0.398. The van der Waals surface area contributed by atoms with Crippen LogP contribution in [0.25, 0.3) is 0 Å². The van der Waals surface area contributed by atoms with Crippen LogP contribution in [0.2, 0.25) is 0 Å². The summed E-state index contributed by atoms with van der Waals surface area (Å²) >= 11 is 0. The van der Waals surface area contributed by atoms with E-state index in [1.807, 2.05) is 49.9 Å². The van der Waals surface area contributed by atoms with Gasteiger partial charge in [0.15, 0.2) is 0 Å². The van der Waals surface area contributed by atoms with E-state index in [0.29, 0.717) is 19.7 Å². The molecule has 130 valence electrons. The molecule has 1 amide bonds. The van der Waals surface area contributed by atoms with Gasteiger partial charge in [-0.25, -0.2) is 0 Å². The van der Waals surface area contributed by atoms with Crippen LogP contribution < -0.4 is 0 Å². The first-order valence-electron chi connectivity index (χ1n) is 8.38. The molecule has 0 radical (unpaired) electrons. The van der Waals surface area contributed by atoms with Crippen molar-refractivity contribution in [1.82, 2.24) is 9.47 Å². The van der Waals surface area contributed by atoms with Crippen LogP contribution in [0.5, 0.6) is 0 Å². The molecule has 2 rings (SSSR count). The number of aromatic nitrogens is 1. The summed E-state index contributed by atoms with van der Waals surface area (Å²) in [6, 6.07) is 14.5. The first-order chi connectivity index (χ1) is 11.4. The monoisotopic (exact) mass is 328 g/mol. The Morgan fingerprint density at radius 2 is 1.83 bits per heavy atom. The van der Waals surface area contributed by atoms with E-state index in [4.69, 9.17) is 4.74 Å². The van der Waals surface area contributed by atoms with Crippen molar-refractivity contribution in [2.75, 3.05) is 20.3 Å². The lowest BCUT2D eigenvalue weighted by Crippen LogP contribution is -2.41. The largest absolute Gasteiger partial charge is 0.383 e. The maximum absolute atomic E-state index is 12.7. The molecular formula is C20H28N2O2. The lowest BCUT2D eigenvalue weighted by molar-refractivity contribution is -0.140. The van der Waals surface area contributed by atoms with Crippen molar-refractivity contribution < 1.29 is 9.53 Å². The Morgan fingerprint density at radius 3 is 2.46 bits per heavy atom. The van der Waals surface area contributed by atoms with E-state index in [9.17, 15) is 4.79 Å². The maximum atomic E-state index is 12.7. The summed E-state index contributed by atoms with van der Waals surface area (Å²) < 4.78 is 7.38. The number of carbonyl (C=O) groups is 1. The third-order valence-electron chi connectivity index (χ3n) is 3.97. The highest BCUT2D eigenvalue weighted by atomic mass is 16.5. The third kappa shape index (κ3) is 4.96. The van der Waals surface area contributed by atoms with Gasteiger partial charge in [-0.2, -0.15) is 0 Å². The fourth-order valence-electron chi connectivity index (χ4n) is 2.65. The molecule has 0 saturated carbocycles. The summed E-state index contributed by atoms with van der Waals surface area (Å²) in [5.41, 5.74) is 1.98. The van der Waals surface area contributed by atoms with E-state index < -0.39 is 5.41 Å². The Labute approximate surface area is 145 Å². The van der Waals surface area contributed by atoms with Gasteiger partial charge in [-0.3, -0.25) is 4.79 Å². The first kappa shape index (κ1) is 18.3. The van der Waals surface area contributed by atoms with Crippen molar-refractivity contribution in [2.24, 2.45) is 5.41 Å². The fourth-order valence-corrected chi connectivity index (χ4v) is 2.65. The van der Waals surface area contributed by atoms with Crippen LogP contribution in [0, 0.1) is 5.41 Å². The standard InChI is InChI=1S/C20H28N2O2/c1-20(2,3)19(23)22(13-14-24-4)16-18-11-8-12-21(18)15-17-9-6-5-7-10-17/h5-12H,13-16H2,1-4H3. The minimum Gasteiger partial charge on any atom is -0.383 e. The summed E-state index contributed by atoms with van der Waals surface area (Å²) in [5, 5.41) is 0. The summed E-state index contributed by atoms with van der Waals surface area (Å²) in [7, 11) is 1.66. The summed E-state index contributed by atoms with van der Waals surface area (Å²) in [6.45, 7) is 8.42. The van der Waals surface area contributed by atoms with Crippen LogP contribution in [0.1, 0.15) is 32.0 Å². The third-order valence-corrected chi connectivity index (χ3v) is 3.97. The predicted octanol–water partition coefficient (Wildman–Crippen LogP) is 3.56. The fraction of sp³-hybridized carbons (Fsp3) is 0.450. The van der Waals surface area contributed by atoms with Gasteiger partial charge in [-0.15, -0.1) is 0 Å². The van der Waals surface area contributed by atoms with Gasteiger partial charge in [-0.05, 0) is 17.7 Å². The quantitative estimate of drug-likeness (QED) is 0.779. The number of hydrogen-bond acceptors (Lipinski definition) is 2. The molecule has 2 aromatic rings. The highest BCUT2D eigenvalue weighted by Gasteiger charge is 2.27. The van der Waals surface area contributed by atoms with E-state index >= 15 is 0 Å². The van der Waals surface area contributed by atoms with Gasteiger partial charge < -0.3 is 14.2 Å². The van der Waals surface area contributed by atoms with Crippen LogP contribution in [0.4, 0.5) is 0 Å². The first-order valence-corrected chi connectivity index (χ1v) is 8.38. The second-order valence-corrected chi connectivity index (χ2v) is 7.08. The van der Waals surface area contributed by atoms with Crippen molar-refractivity contribution in [3.63, 3.8) is 0 Å². The van der Waals surface area contributed by atoms with Crippen LogP contribution in [0.15, 0.2) is 48.7 Å². The summed E-state index contributed by atoms with van der Waals surface area (Å²) in [4.78, 5) is 14.6.